The van der Waals surface area contributed by atoms with Gasteiger partial charge >= 0.3 is 6.18 Å². The van der Waals surface area contributed by atoms with Crippen LogP contribution in [0.2, 0.25) is 0 Å². The van der Waals surface area contributed by atoms with Crippen molar-refractivity contribution >= 4 is 40.5 Å². The third-order valence-electron chi connectivity index (χ3n) is 6.05. The molecule has 6 nitrogen and oxygen atoms in total. The van der Waals surface area contributed by atoms with Gasteiger partial charge in [-0.1, -0.05) is 6.07 Å². The Morgan fingerprint density at radius 1 is 1.20 bits per heavy atom. The zero-order valence-corrected chi connectivity index (χ0v) is 19.6. The molecule has 0 unspecified atom stereocenters. The second-order valence-corrected chi connectivity index (χ2v) is 9.29. The first-order valence-corrected chi connectivity index (χ1v) is 11.1. The molecule has 35 heavy (non-hydrogen) atoms. The third kappa shape index (κ3) is 4.46. The van der Waals surface area contributed by atoms with Gasteiger partial charge in [-0.2, -0.15) is 18.4 Å². The van der Waals surface area contributed by atoms with Crippen LogP contribution in [0.1, 0.15) is 43.4 Å². The monoisotopic (exact) mass is 504 g/mol. The van der Waals surface area contributed by atoms with Gasteiger partial charge in [0, 0.05) is 23.7 Å². The van der Waals surface area contributed by atoms with E-state index in [1.165, 1.54) is 49.1 Å². The summed E-state index contributed by atoms with van der Waals surface area (Å²) in [5.41, 5.74) is -2.78. The van der Waals surface area contributed by atoms with Crippen LogP contribution in [-0.4, -0.2) is 22.5 Å². The molecule has 1 saturated heterocycles. The minimum atomic E-state index is -4.81. The number of rotatable bonds is 5. The van der Waals surface area contributed by atoms with Crippen LogP contribution in [0.25, 0.3) is 0 Å². The van der Waals surface area contributed by atoms with Crippen LogP contribution in [0.5, 0.6) is 0 Å². The number of thiocarbonyl (C=S) groups is 1. The van der Waals surface area contributed by atoms with E-state index in [9.17, 15) is 27.2 Å². The van der Waals surface area contributed by atoms with Crippen LogP contribution in [0.15, 0.2) is 36.4 Å². The van der Waals surface area contributed by atoms with Gasteiger partial charge in [-0.05, 0) is 69.2 Å². The number of benzene rings is 2. The molecule has 0 spiro atoms. The normalized spacial score (nSPS) is 17.5. The second-order valence-electron chi connectivity index (χ2n) is 8.92. The number of anilines is 2. The van der Waals surface area contributed by atoms with Crippen molar-refractivity contribution in [2.75, 3.05) is 9.80 Å². The molecule has 2 fully saturated rings. The molecule has 0 aromatic heterocycles. The molecule has 1 aliphatic carbocycles. The average Bonchev–Trinajstić information content (AvgIpc) is 3.61. The minimum Gasteiger partial charge on any atom is -0.352 e. The van der Waals surface area contributed by atoms with Gasteiger partial charge in [0.2, 0.25) is 5.91 Å². The van der Waals surface area contributed by atoms with Crippen LogP contribution >= 0.6 is 12.2 Å². The predicted octanol–water partition coefficient (Wildman–Crippen LogP) is 4.66. The SMILES string of the molecule is CC1(C)C(=O)N(c2ccc(C#N)c(C(F)(F)F)c2)C(=S)N1c1ccc(CNC(=O)C2CC2)c(F)c1. The summed E-state index contributed by atoms with van der Waals surface area (Å²) in [7, 11) is 0. The Hall–Kier alpha value is -3.52. The van der Waals surface area contributed by atoms with Crippen molar-refractivity contribution in [2.45, 2.75) is 44.9 Å². The summed E-state index contributed by atoms with van der Waals surface area (Å²) in [5.74, 6) is -1.38. The standard InChI is InChI=1S/C24H20F4N4O2S/c1-23(2)21(34)31(16-7-5-14(11-29)18(9-16)24(26,27)28)22(35)32(23)17-8-6-15(19(25)10-17)12-30-20(33)13-3-4-13/h5-10,13H,3-4,12H2,1-2H3,(H,30,33). The number of halogens is 4. The van der Waals surface area contributed by atoms with E-state index in [0.29, 0.717) is 6.07 Å². The molecule has 1 saturated carbocycles. The molecule has 0 radical (unpaired) electrons. The fourth-order valence-electron chi connectivity index (χ4n) is 3.95. The van der Waals surface area contributed by atoms with E-state index in [0.717, 1.165) is 23.8 Å². The van der Waals surface area contributed by atoms with Crippen molar-refractivity contribution in [3.63, 3.8) is 0 Å². The summed E-state index contributed by atoms with van der Waals surface area (Å²) in [6, 6.07) is 8.56. The quantitative estimate of drug-likeness (QED) is 0.474. The first-order chi connectivity index (χ1) is 16.4. The lowest BCUT2D eigenvalue weighted by molar-refractivity contribution is -0.137. The predicted molar refractivity (Wildman–Crippen MR) is 124 cm³/mol. The molecular weight excluding hydrogens is 484 g/mol. The maximum absolute atomic E-state index is 14.9. The number of nitrogens with zero attached hydrogens (tertiary/aromatic N) is 3. The Kier molecular flexibility index (Phi) is 6.05. The van der Waals surface area contributed by atoms with Gasteiger partial charge in [-0.3, -0.25) is 14.5 Å². The van der Waals surface area contributed by atoms with E-state index in [2.05, 4.69) is 5.32 Å². The lowest BCUT2D eigenvalue weighted by atomic mass is 10.0. The maximum atomic E-state index is 14.9. The number of alkyl halides is 3. The van der Waals surface area contributed by atoms with Crippen LogP contribution in [0.3, 0.4) is 0 Å². The van der Waals surface area contributed by atoms with Crippen LogP contribution < -0.4 is 15.1 Å². The smallest absolute Gasteiger partial charge is 0.352 e. The van der Waals surface area contributed by atoms with Crippen molar-refractivity contribution < 1.29 is 27.2 Å². The second kappa shape index (κ2) is 8.61. The van der Waals surface area contributed by atoms with Gasteiger partial charge in [0.25, 0.3) is 5.91 Å². The molecule has 2 aliphatic rings. The van der Waals surface area contributed by atoms with E-state index < -0.39 is 34.6 Å². The highest BCUT2D eigenvalue weighted by Crippen LogP contribution is 2.40. The van der Waals surface area contributed by atoms with Gasteiger partial charge < -0.3 is 10.2 Å². The van der Waals surface area contributed by atoms with E-state index >= 15 is 0 Å². The summed E-state index contributed by atoms with van der Waals surface area (Å²) in [4.78, 5) is 27.4. The molecule has 0 bridgehead atoms. The summed E-state index contributed by atoms with van der Waals surface area (Å²) in [6.07, 6.45) is -3.17. The number of amides is 2. The van der Waals surface area contributed by atoms with E-state index in [1.54, 1.807) is 0 Å². The van der Waals surface area contributed by atoms with Crippen molar-refractivity contribution in [1.29, 1.82) is 5.26 Å². The lowest BCUT2D eigenvalue weighted by Crippen LogP contribution is -2.44. The number of carbonyl (C=O) groups excluding carboxylic acids is 2. The van der Waals surface area contributed by atoms with Crippen LogP contribution in [0, 0.1) is 23.1 Å². The third-order valence-corrected chi connectivity index (χ3v) is 6.42. The largest absolute Gasteiger partial charge is 0.417 e. The highest BCUT2D eigenvalue weighted by molar-refractivity contribution is 7.81. The fraction of sp³-hybridized carbons (Fsp3) is 0.333. The first-order valence-electron chi connectivity index (χ1n) is 10.7. The zero-order valence-electron chi connectivity index (χ0n) is 18.7. The van der Waals surface area contributed by atoms with Crippen LogP contribution in [-0.2, 0) is 22.3 Å². The number of nitriles is 1. The Morgan fingerprint density at radius 3 is 2.43 bits per heavy atom. The molecule has 4 rings (SSSR count). The van der Waals surface area contributed by atoms with Gasteiger partial charge in [-0.25, -0.2) is 4.39 Å². The molecule has 2 aromatic carbocycles. The fourth-order valence-corrected chi connectivity index (χ4v) is 4.47. The van der Waals surface area contributed by atoms with Crippen molar-refractivity contribution in [1.82, 2.24) is 5.32 Å². The minimum absolute atomic E-state index is 0.00576. The van der Waals surface area contributed by atoms with E-state index in [-0.39, 0.29) is 40.4 Å². The molecule has 11 heteroatoms. The van der Waals surface area contributed by atoms with E-state index in [4.69, 9.17) is 17.5 Å². The van der Waals surface area contributed by atoms with Crippen LogP contribution in [0.4, 0.5) is 28.9 Å². The Morgan fingerprint density at radius 2 is 1.86 bits per heavy atom. The van der Waals surface area contributed by atoms with E-state index in [1.807, 2.05) is 0 Å². The van der Waals surface area contributed by atoms with Crippen molar-refractivity contribution in [3.05, 3.63) is 58.9 Å². The topological polar surface area (TPSA) is 76.4 Å². The number of carbonyl (C=O) groups is 2. The highest BCUT2D eigenvalue weighted by Gasteiger charge is 2.50. The number of hydrogen-bond donors (Lipinski definition) is 1. The summed E-state index contributed by atoms with van der Waals surface area (Å²) < 4.78 is 55.3. The molecule has 1 N–H and O–H groups in total. The Bertz CT molecular complexity index is 1280. The Balaban J connectivity index is 1.65. The van der Waals surface area contributed by atoms with Gasteiger partial charge in [0.1, 0.15) is 11.4 Å². The van der Waals surface area contributed by atoms with Gasteiger partial charge in [0.15, 0.2) is 5.11 Å². The molecular formula is C24H20F4N4O2S. The van der Waals surface area contributed by atoms with Gasteiger partial charge in [0.05, 0.1) is 22.9 Å². The maximum Gasteiger partial charge on any atom is 0.417 e. The van der Waals surface area contributed by atoms with Gasteiger partial charge in [-0.15, -0.1) is 0 Å². The lowest BCUT2D eigenvalue weighted by Gasteiger charge is -2.29. The van der Waals surface area contributed by atoms with Crippen molar-refractivity contribution in [2.24, 2.45) is 5.92 Å². The number of nitrogens with one attached hydrogen (secondary N) is 1. The number of hydrogen-bond acceptors (Lipinski definition) is 4. The molecule has 1 heterocycles. The summed E-state index contributed by atoms with van der Waals surface area (Å²) >= 11 is 5.45. The highest BCUT2D eigenvalue weighted by atomic mass is 32.1. The molecule has 182 valence electrons. The average molecular weight is 505 g/mol. The summed E-state index contributed by atoms with van der Waals surface area (Å²) in [6.45, 7) is 3.06. The zero-order chi connectivity index (χ0) is 25.7. The molecule has 0 atom stereocenters. The Labute approximate surface area is 204 Å². The molecule has 2 amide bonds. The first kappa shape index (κ1) is 24.6. The summed E-state index contributed by atoms with van der Waals surface area (Å²) in [5, 5.41) is 11.6. The molecule has 1 aliphatic heterocycles. The van der Waals surface area contributed by atoms with Crippen molar-refractivity contribution in [3.8, 4) is 6.07 Å². The molecule has 2 aromatic rings.